The Bertz CT molecular complexity index is 891. The van der Waals surface area contributed by atoms with Gasteiger partial charge < -0.3 is 4.42 Å². The standard InChI is InChI=1S/C16H13FN2O3S/c17-13-5-7-14(8-6-13)23(20,21)19-11-12-3-1-9-18-16(12)15-4-2-10-22-15/h1-10,19H,11H2. The predicted octanol–water partition coefficient (Wildman–Crippen LogP) is 2.96. The zero-order chi connectivity index (χ0) is 16.3. The van der Waals surface area contributed by atoms with Crippen LogP contribution in [0.15, 0.2) is 70.3 Å². The van der Waals surface area contributed by atoms with Gasteiger partial charge in [-0.15, -0.1) is 0 Å². The highest BCUT2D eigenvalue weighted by Gasteiger charge is 2.16. The van der Waals surface area contributed by atoms with Crippen molar-refractivity contribution in [3.8, 4) is 11.5 Å². The molecule has 0 aliphatic heterocycles. The monoisotopic (exact) mass is 332 g/mol. The molecule has 0 saturated heterocycles. The van der Waals surface area contributed by atoms with Gasteiger partial charge in [0.25, 0.3) is 0 Å². The minimum Gasteiger partial charge on any atom is -0.463 e. The molecule has 5 nitrogen and oxygen atoms in total. The second-order valence-electron chi connectivity index (χ2n) is 4.77. The van der Waals surface area contributed by atoms with Gasteiger partial charge in [-0.3, -0.25) is 4.98 Å². The largest absolute Gasteiger partial charge is 0.463 e. The van der Waals surface area contributed by atoms with E-state index in [1.54, 1.807) is 30.5 Å². The number of pyridine rings is 1. The van der Waals surface area contributed by atoms with Crippen LogP contribution in [0.3, 0.4) is 0 Å². The molecule has 0 saturated carbocycles. The Morgan fingerprint density at radius 1 is 1.09 bits per heavy atom. The van der Waals surface area contributed by atoms with Gasteiger partial charge >= 0.3 is 0 Å². The van der Waals surface area contributed by atoms with E-state index in [9.17, 15) is 12.8 Å². The lowest BCUT2D eigenvalue weighted by molar-refractivity contribution is 0.574. The summed E-state index contributed by atoms with van der Waals surface area (Å²) >= 11 is 0. The summed E-state index contributed by atoms with van der Waals surface area (Å²) < 4.78 is 45.2. The molecule has 2 aromatic heterocycles. The molecule has 1 N–H and O–H groups in total. The fraction of sp³-hybridized carbons (Fsp3) is 0.0625. The van der Waals surface area contributed by atoms with Gasteiger partial charge in [-0.05, 0) is 48.0 Å². The Morgan fingerprint density at radius 3 is 2.57 bits per heavy atom. The summed E-state index contributed by atoms with van der Waals surface area (Å²) in [5, 5.41) is 0. The van der Waals surface area contributed by atoms with E-state index >= 15 is 0 Å². The van der Waals surface area contributed by atoms with Crippen molar-refractivity contribution in [1.82, 2.24) is 9.71 Å². The van der Waals surface area contributed by atoms with Crippen LogP contribution in [0.25, 0.3) is 11.5 Å². The van der Waals surface area contributed by atoms with Crippen molar-refractivity contribution in [2.24, 2.45) is 0 Å². The van der Waals surface area contributed by atoms with Crippen molar-refractivity contribution < 1.29 is 17.2 Å². The van der Waals surface area contributed by atoms with Crippen LogP contribution in [0.5, 0.6) is 0 Å². The first kappa shape index (κ1) is 15.4. The SMILES string of the molecule is O=S(=O)(NCc1cccnc1-c1ccco1)c1ccc(F)cc1. The lowest BCUT2D eigenvalue weighted by Crippen LogP contribution is -2.23. The van der Waals surface area contributed by atoms with Crippen molar-refractivity contribution in [1.29, 1.82) is 0 Å². The third-order valence-corrected chi connectivity index (χ3v) is 4.64. The van der Waals surface area contributed by atoms with E-state index in [2.05, 4.69) is 9.71 Å². The second-order valence-corrected chi connectivity index (χ2v) is 6.53. The third-order valence-electron chi connectivity index (χ3n) is 3.22. The van der Waals surface area contributed by atoms with E-state index < -0.39 is 15.8 Å². The van der Waals surface area contributed by atoms with Crippen molar-refractivity contribution in [2.45, 2.75) is 11.4 Å². The Balaban J connectivity index is 1.82. The van der Waals surface area contributed by atoms with E-state index in [0.717, 1.165) is 12.1 Å². The number of aromatic nitrogens is 1. The topological polar surface area (TPSA) is 72.2 Å². The van der Waals surface area contributed by atoms with Crippen LogP contribution in [0.4, 0.5) is 4.39 Å². The molecule has 118 valence electrons. The Kier molecular flexibility index (Phi) is 4.22. The summed E-state index contributed by atoms with van der Waals surface area (Å²) in [4.78, 5) is 4.23. The molecule has 3 rings (SSSR count). The van der Waals surface area contributed by atoms with Crippen molar-refractivity contribution in [3.63, 3.8) is 0 Å². The maximum atomic E-state index is 12.9. The molecule has 0 atom stereocenters. The van der Waals surface area contributed by atoms with E-state index in [1.807, 2.05) is 0 Å². The van der Waals surface area contributed by atoms with Gasteiger partial charge in [0, 0.05) is 12.7 Å². The minimum absolute atomic E-state index is 0.00217. The zero-order valence-electron chi connectivity index (χ0n) is 11.9. The minimum atomic E-state index is -3.74. The molecule has 0 aliphatic carbocycles. The number of hydrogen-bond acceptors (Lipinski definition) is 4. The summed E-state index contributed by atoms with van der Waals surface area (Å²) in [5.74, 6) is 0.0675. The van der Waals surface area contributed by atoms with Crippen LogP contribution in [-0.2, 0) is 16.6 Å². The van der Waals surface area contributed by atoms with E-state index in [0.29, 0.717) is 17.0 Å². The van der Waals surface area contributed by atoms with Crippen molar-refractivity contribution >= 4 is 10.0 Å². The van der Waals surface area contributed by atoms with Crippen LogP contribution in [0, 0.1) is 5.82 Å². The Labute approximate surface area is 132 Å². The van der Waals surface area contributed by atoms with E-state index in [1.165, 1.54) is 18.4 Å². The Morgan fingerprint density at radius 2 is 1.87 bits per heavy atom. The van der Waals surface area contributed by atoms with Crippen LogP contribution < -0.4 is 4.72 Å². The summed E-state index contributed by atoms with van der Waals surface area (Å²) in [6, 6.07) is 11.6. The molecule has 0 unspecified atom stereocenters. The zero-order valence-corrected chi connectivity index (χ0v) is 12.8. The molecular weight excluding hydrogens is 319 g/mol. The molecule has 7 heteroatoms. The summed E-state index contributed by atoms with van der Waals surface area (Å²) in [5.41, 5.74) is 1.24. The maximum absolute atomic E-state index is 12.9. The van der Waals surface area contributed by atoms with Crippen LogP contribution in [0.1, 0.15) is 5.56 Å². The Hall–Kier alpha value is -2.51. The molecule has 0 radical (unpaired) electrons. The molecule has 0 bridgehead atoms. The van der Waals surface area contributed by atoms with Crippen LogP contribution >= 0.6 is 0 Å². The average Bonchev–Trinajstić information content (AvgIpc) is 3.08. The number of nitrogens with one attached hydrogen (secondary N) is 1. The first-order valence-corrected chi connectivity index (χ1v) is 8.27. The van der Waals surface area contributed by atoms with E-state index in [4.69, 9.17) is 4.42 Å². The number of sulfonamides is 1. The molecule has 3 aromatic rings. The molecule has 2 heterocycles. The third kappa shape index (κ3) is 3.46. The number of benzene rings is 1. The molecule has 23 heavy (non-hydrogen) atoms. The molecule has 0 amide bonds. The van der Waals surface area contributed by atoms with Crippen LogP contribution in [-0.4, -0.2) is 13.4 Å². The highest BCUT2D eigenvalue weighted by Crippen LogP contribution is 2.22. The second kappa shape index (κ2) is 6.31. The number of furan rings is 1. The number of hydrogen-bond donors (Lipinski definition) is 1. The molecule has 0 aliphatic rings. The fourth-order valence-electron chi connectivity index (χ4n) is 2.09. The summed E-state index contributed by atoms with van der Waals surface area (Å²) in [6.07, 6.45) is 3.13. The lowest BCUT2D eigenvalue weighted by atomic mass is 10.1. The predicted molar refractivity (Wildman–Crippen MR) is 82.4 cm³/mol. The normalized spacial score (nSPS) is 11.5. The van der Waals surface area contributed by atoms with Gasteiger partial charge in [0.05, 0.1) is 11.2 Å². The number of halogens is 1. The van der Waals surface area contributed by atoms with Crippen molar-refractivity contribution in [3.05, 3.63) is 72.4 Å². The molecule has 0 spiro atoms. The van der Waals surface area contributed by atoms with E-state index in [-0.39, 0.29) is 11.4 Å². The van der Waals surface area contributed by atoms with Crippen LogP contribution in [0.2, 0.25) is 0 Å². The first-order valence-electron chi connectivity index (χ1n) is 6.79. The van der Waals surface area contributed by atoms with Gasteiger partial charge in [0.2, 0.25) is 10.0 Å². The lowest BCUT2D eigenvalue weighted by Gasteiger charge is -2.09. The van der Waals surface area contributed by atoms with Gasteiger partial charge in [-0.2, -0.15) is 0 Å². The smallest absolute Gasteiger partial charge is 0.240 e. The van der Waals surface area contributed by atoms with Gasteiger partial charge in [-0.25, -0.2) is 17.5 Å². The van der Waals surface area contributed by atoms with Gasteiger partial charge in [-0.1, -0.05) is 6.07 Å². The summed E-state index contributed by atoms with van der Waals surface area (Å²) in [7, 11) is -3.74. The molecule has 1 aromatic carbocycles. The van der Waals surface area contributed by atoms with Gasteiger partial charge in [0.15, 0.2) is 5.76 Å². The quantitative estimate of drug-likeness (QED) is 0.780. The molecule has 0 fully saturated rings. The first-order chi connectivity index (χ1) is 11.1. The highest BCUT2D eigenvalue weighted by atomic mass is 32.2. The summed E-state index contributed by atoms with van der Waals surface area (Å²) in [6.45, 7) is 0.0452. The fourth-order valence-corrected chi connectivity index (χ4v) is 3.09. The van der Waals surface area contributed by atoms with Gasteiger partial charge in [0.1, 0.15) is 11.5 Å². The van der Waals surface area contributed by atoms with Crippen molar-refractivity contribution in [2.75, 3.05) is 0 Å². The maximum Gasteiger partial charge on any atom is 0.240 e. The molecular formula is C16H13FN2O3S. The number of nitrogens with zero attached hydrogens (tertiary/aromatic N) is 1. The highest BCUT2D eigenvalue weighted by molar-refractivity contribution is 7.89. The number of rotatable bonds is 5. The average molecular weight is 332 g/mol.